The highest BCUT2D eigenvalue weighted by molar-refractivity contribution is 7.99. The summed E-state index contributed by atoms with van der Waals surface area (Å²) in [6, 6.07) is 7.69. The summed E-state index contributed by atoms with van der Waals surface area (Å²) in [6.07, 6.45) is 3.26. The summed E-state index contributed by atoms with van der Waals surface area (Å²) >= 11 is 2.45. The molecule has 3 aromatic heterocycles. The highest BCUT2D eigenvalue weighted by Gasteiger charge is 2.16. The molecule has 4 N–H and O–H groups in total. The van der Waals surface area contributed by atoms with E-state index in [1.165, 1.54) is 23.9 Å². The predicted molar refractivity (Wildman–Crippen MR) is 113 cm³/mol. The van der Waals surface area contributed by atoms with Crippen LogP contribution in [0.1, 0.15) is 5.69 Å². The van der Waals surface area contributed by atoms with Gasteiger partial charge >= 0.3 is 0 Å². The zero-order chi connectivity index (χ0) is 21.8. The van der Waals surface area contributed by atoms with Crippen LogP contribution in [0.4, 0.5) is 16.2 Å². The number of rotatable bonds is 7. The third kappa shape index (κ3) is 5.58. The van der Waals surface area contributed by atoms with Gasteiger partial charge in [0, 0.05) is 24.2 Å². The van der Waals surface area contributed by atoms with Gasteiger partial charge in [-0.15, -0.1) is 5.10 Å². The average molecular weight is 458 g/mol. The second-order valence-electron chi connectivity index (χ2n) is 6.22. The van der Waals surface area contributed by atoms with Crippen molar-refractivity contribution in [1.29, 1.82) is 0 Å². The van der Waals surface area contributed by atoms with E-state index in [-0.39, 0.29) is 24.1 Å². The highest BCUT2D eigenvalue weighted by Crippen LogP contribution is 2.31. The van der Waals surface area contributed by atoms with Gasteiger partial charge < -0.3 is 11.1 Å². The van der Waals surface area contributed by atoms with Crippen molar-refractivity contribution in [2.24, 2.45) is 7.05 Å². The molecular weight excluding hydrogens is 441 g/mol. The number of nitrogens with two attached hydrogens (primary N) is 1. The molecule has 0 aliphatic heterocycles. The molecule has 0 aliphatic rings. The van der Waals surface area contributed by atoms with E-state index >= 15 is 0 Å². The van der Waals surface area contributed by atoms with Gasteiger partial charge in [0.05, 0.1) is 18.3 Å². The molecule has 31 heavy (non-hydrogen) atoms. The number of aromatic amines is 1. The lowest BCUT2D eigenvalue weighted by Crippen LogP contribution is -2.17. The number of carbonyl (C=O) groups excluding carboxylic acids is 1. The van der Waals surface area contributed by atoms with Gasteiger partial charge in [0.15, 0.2) is 5.82 Å². The third-order valence-corrected chi connectivity index (χ3v) is 5.61. The fourth-order valence-electron chi connectivity index (χ4n) is 2.48. The smallest absolute Gasteiger partial charge is 0.231 e. The number of nitrogens with zero attached hydrogens (tertiary/aromatic N) is 6. The Morgan fingerprint density at radius 1 is 1.23 bits per heavy atom. The highest BCUT2D eigenvalue weighted by atomic mass is 32.2. The average Bonchev–Trinajstić information content (AvgIpc) is 3.33. The standard InChI is InChI=1S/C18H16FN9OS2/c1-28-7-6-13(27-28)23-14(29)8-12-16(30-11-4-2-10(19)3-5-11)21-9-15(22-12)31-18-24-17(20)25-26-18/h2-7,9H,8H2,1H3,(H,23,27,29)(H3,20,24,25,26). The number of H-pyrrole nitrogens is 1. The zero-order valence-corrected chi connectivity index (χ0v) is 17.7. The van der Waals surface area contributed by atoms with Crippen LogP contribution in [0.25, 0.3) is 0 Å². The van der Waals surface area contributed by atoms with Crippen molar-refractivity contribution in [1.82, 2.24) is 34.9 Å². The van der Waals surface area contributed by atoms with Crippen LogP contribution in [0.5, 0.6) is 0 Å². The van der Waals surface area contributed by atoms with Gasteiger partial charge in [0.2, 0.25) is 17.0 Å². The first-order valence-electron chi connectivity index (χ1n) is 8.89. The number of aryl methyl sites for hydroxylation is 1. The summed E-state index contributed by atoms with van der Waals surface area (Å²) in [5, 5.41) is 14.8. The number of benzene rings is 1. The summed E-state index contributed by atoms with van der Waals surface area (Å²) in [7, 11) is 1.76. The van der Waals surface area contributed by atoms with Crippen LogP contribution in [0.2, 0.25) is 0 Å². The Balaban J connectivity index is 1.57. The van der Waals surface area contributed by atoms with Crippen molar-refractivity contribution in [3.8, 4) is 0 Å². The lowest BCUT2D eigenvalue weighted by molar-refractivity contribution is -0.115. The number of anilines is 2. The number of amides is 1. The molecule has 0 spiro atoms. The molecule has 0 bridgehead atoms. The number of hydrogen-bond donors (Lipinski definition) is 3. The molecule has 0 radical (unpaired) electrons. The lowest BCUT2D eigenvalue weighted by atomic mass is 10.3. The number of nitrogen functional groups attached to an aromatic ring is 1. The quantitative estimate of drug-likeness (QED) is 0.382. The second kappa shape index (κ2) is 9.14. The summed E-state index contributed by atoms with van der Waals surface area (Å²) in [5.41, 5.74) is 6.01. The second-order valence-corrected chi connectivity index (χ2v) is 8.27. The van der Waals surface area contributed by atoms with Gasteiger partial charge in [-0.1, -0.05) is 11.8 Å². The fraction of sp³-hybridized carbons (Fsp3) is 0.111. The molecule has 3 heterocycles. The van der Waals surface area contributed by atoms with Crippen molar-refractivity contribution in [3.63, 3.8) is 0 Å². The van der Waals surface area contributed by atoms with Crippen LogP contribution >= 0.6 is 23.5 Å². The van der Waals surface area contributed by atoms with Crippen LogP contribution in [0.3, 0.4) is 0 Å². The van der Waals surface area contributed by atoms with Gasteiger partial charge in [-0.05, 0) is 36.0 Å². The Kier molecular flexibility index (Phi) is 6.13. The van der Waals surface area contributed by atoms with E-state index in [4.69, 9.17) is 5.73 Å². The molecule has 10 nitrogen and oxygen atoms in total. The molecule has 4 rings (SSSR count). The van der Waals surface area contributed by atoms with E-state index < -0.39 is 0 Å². The molecular formula is C18H16FN9OS2. The van der Waals surface area contributed by atoms with E-state index in [1.54, 1.807) is 42.3 Å². The minimum atomic E-state index is -0.331. The van der Waals surface area contributed by atoms with Crippen LogP contribution < -0.4 is 11.1 Å². The van der Waals surface area contributed by atoms with E-state index in [2.05, 4.69) is 35.6 Å². The lowest BCUT2D eigenvalue weighted by Gasteiger charge is -2.09. The minimum Gasteiger partial charge on any atom is -0.368 e. The van der Waals surface area contributed by atoms with Gasteiger partial charge in [-0.25, -0.2) is 19.5 Å². The summed E-state index contributed by atoms with van der Waals surface area (Å²) in [5.74, 6) is 0.00463. The molecule has 0 saturated carbocycles. The maximum Gasteiger partial charge on any atom is 0.231 e. The minimum absolute atomic E-state index is 0.0301. The van der Waals surface area contributed by atoms with Gasteiger partial charge in [0.25, 0.3) is 0 Å². The number of halogens is 1. The summed E-state index contributed by atoms with van der Waals surface area (Å²) in [6.45, 7) is 0. The van der Waals surface area contributed by atoms with E-state index in [0.717, 1.165) is 16.7 Å². The normalized spacial score (nSPS) is 10.9. The number of nitrogens with one attached hydrogen (secondary N) is 2. The topological polar surface area (TPSA) is 140 Å². The van der Waals surface area contributed by atoms with E-state index in [0.29, 0.717) is 26.7 Å². The first kappa shape index (κ1) is 20.8. The fourth-order valence-corrected chi connectivity index (χ4v) is 4.00. The Labute approximate surface area is 184 Å². The molecule has 4 aromatic rings. The van der Waals surface area contributed by atoms with Gasteiger partial charge in [0.1, 0.15) is 15.9 Å². The molecule has 0 saturated heterocycles. The Bertz CT molecular complexity index is 1210. The van der Waals surface area contributed by atoms with Crippen molar-refractivity contribution in [2.75, 3.05) is 11.1 Å². The Morgan fingerprint density at radius 2 is 2.03 bits per heavy atom. The van der Waals surface area contributed by atoms with Crippen molar-refractivity contribution in [2.45, 2.75) is 26.5 Å². The molecule has 0 atom stereocenters. The van der Waals surface area contributed by atoms with Crippen LogP contribution in [0, 0.1) is 5.82 Å². The van der Waals surface area contributed by atoms with Crippen molar-refractivity contribution < 1.29 is 9.18 Å². The maximum absolute atomic E-state index is 13.2. The number of hydrogen-bond acceptors (Lipinski definition) is 9. The van der Waals surface area contributed by atoms with Crippen LogP contribution in [-0.4, -0.2) is 40.8 Å². The van der Waals surface area contributed by atoms with Crippen LogP contribution in [-0.2, 0) is 18.3 Å². The third-order valence-electron chi connectivity index (χ3n) is 3.80. The molecule has 158 valence electrons. The van der Waals surface area contributed by atoms with E-state index in [9.17, 15) is 9.18 Å². The predicted octanol–water partition coefficient (Wildman–Crippen LogP) is 2.53. The van der Waals surface area contributed by atoms with Crippen LogP contribution in [0.15, 0.2) is 62.8 Å². The Morgan fingerprint density at radius 3 is 2.71 bits per heavy atom. The molecule has 1 aromatic carbocycles. The SMILES string of the molecule is Cn1ccc(NC(=O)Cc2nc(Sc3n[nH]c(N)n3)cnc2Sc2ccc(F)cc2)n1. The summed E-state index contributed by atoms with van der Waals surface area (Å²) < 4.78 is 14.8. The van der Waals surface area contributed by atoms with Gasteiger partial charge in [-0.2, -0.15) is 10.1 Å². The largest absolute Gasteiger partial charge is 0.368 e. The zero-order valence-electron chi connectivity index (χ0n) is 16.1. The first-order valence-corrected chi connectivity index (χ1v) is 10.5. The monoisotopic (exact) mass is 457 g/mol. The maximum atomic E-state index is 13.2. The van der Waals surface area contributed by atoms with Gasteiger partial charge in [-0.3, -0.25) is 9.48 Å². The van der Waals surface area contributed by atoms with Crippen molar-refractivity contribution >= 4 is 41.2 Å². The molecule has 0 unspecified atom stereocenters. The van der Waals surface area contributed by atoms with E-state index in [1.807, 2.05) is 0 Å². The number of carbonyl (C=O) groups is 1. The summed E-state index contributed by atoms with van der Waals surface area (Å²) in [4.78, 5) is 26.4. The molecule has 0 fully saturated rings. The molecule has 1 amide bonds. The van der Waals surface area contributed by atoms with Crippen molar-refractivity contribution in [3.05, 3.63) is 54.2 Å². The molecule has 13 heteroatoms. The first-order chi connectivity index (χ1) is 14.9. The molecule has 0 aliphatic carbocycles. The number of aromatic nitrogens is 7. The Hall–Kier alpha value is -3.45.